The van der Waals surface area contributed by atoms with E-state index in [4.69, 9.17) is 0 Å². The van der Waals surface area contributed by atoms with Gasteiger partial charge in [0, 0.05) is 12.8 Å². The van der Waals surface area contributed by atoms with Crippen LogP contribution in [-0.2, 0) is 9.59 Å². The maximum Gasteiger partial charge on any atom is 0.143 e. The second-order valence-electron chi connectivity index (χ2n) is 3.80. The van der Waals surface area contributed by atoms with Crippen molar-refractivity contribution in [1.29, 1.82) is 0 Å². The molecule has 0 unspecified atom stereocenters. The van der Waals surface area contributed by atoms with Gasteiger partial charge in [0.25, 0.3) is 0 Å². The zero-order valence-electron chi connectivity index (χ0n) is 9.08. The van der Waals surface area contributed by atoms with Crippen molar-refractivity contribution in [1.82, 2.24) is 4.90 Å². The summed E-state index contributed by atoms with van der Waals surface area (Å²) in [6.45, 7) is 7.05. The summed E-state index contributed by atoms with van der Waals surface area (Å²) in [6, 6.07) is 0. The largest absolute Gasteiger partial charge is 0.304 e. The van der Waals surface area contributed by atoms with Crippen molar-refractivity contribution in [2.45, 2.75) is 33.1 Å². The Morgan fingerprint density at radius 3 is 2.07 bits per heavy atom. The number of Topliss-reactive ketones (excluding diaryl/α,β-unsaturated/α-hetero) is 2. The predicted octanol–water partition coefficient (Wildman–Crippen LogP) is 1.27. The molecule has 0 radical (unpaired) electrons. The second kappa shape index (κ2) is 5.25. The van der Waals surface area contributed by atoms with Crippen molar-refractivity contribution in [3.05, 3.63) is 0 Å². The number of hydrogen-bond donors (Lipinski definition) is 0. The number of ketones is 2. The molecule has 1 aliphatic carbocycles. The fraction of sp³-hybridized carbons (Fsp3) is 0.818. The molecule has 0 amide bonds. The molecule has 1 rings (SSSR count). The lowest BCUT2D eigenvalue weighted by atomic mass is 10.0. The van der Waals surface area contributed by atoms with Crippen molar-refractivity contribution in [2.75, 3.05) is 19.6 Å². The van der Waals surface area contributed by atoms with Crippen LogP contribution in [0.25, 0.3) is 0 Å². The van der Waals surface area contributed by atoms with Crippen LogP contribution in [0.2, 0.25) is 0 Å². The number of rotatable bonds is 5. The van der Waals surface area contributed by atoms with E-state index in [2.05, 4.69) is 18.7 Å². The molecule has 3 nitrogen and oxygen atoms in total. The molecule has 0 spiro atoms. The van der Waals surface area contributed by atoms with E-state index in [1.54, 1.807) is 0 Å². The van der Waals surface area contributed by atoms with Crippen LogP contribution in [-0.4, -0.2) is 36.1 Å². The smallest absolute Gasteiger partial charge is 0.143 e. The Labute approximate surface area is 85.5 Å². The molecule has 0 aromatic rings. The van der Waals surface area contributed by atoms with Crippen molar-refractivity contribution in [2.24, 2.45) is 5.92 Å². The highest BCUT2D eigenvalue weighted by Crippen LogP contribution is 2.20. The maximum atomic E-state index is 11.3. The summed E-state index contributed by atoms with van der Waals surface area (Å²) in [5.74, 6) is 0.0277. The quantitative estimate of drug-likeness (QED) is 0.623. The van der Waals surface area contributed by atoms with Gasteiger partial charge in [-0.1, -0.05) is 13.8 Å². The van der Waals surface area contributed by atoms with Crippen molar-refractivity contribution >= 4 is 11.6 Å². The molecule has 0 bridgehead atoms. The second-order valence-corrected chi connectivity index (χ2v) is 3.80. The van der Waals surface area contributed by atoms with Gasteiger partial charge >= 0.3 is 0 Å². The van der Waals surface area contributed by atoms with E-state index in [1.165, 1.54) is 0 Å². The first-order valence-electron chi connectivity index (χ1n) is 5.46. The maximum absolute atomic E-state index is 11.3. The number of carbonyl (C=O) groups excluding carboxylic acids is 2. The summed E-state index contributed by atoms with van der Waals surface area (Å²) in [4.78, 5) is 24.9. The van der Waals surface area contributed by atoms with Gasteiger partial charge in [0.05, 0.1) is 5.92 Å². The lowest BCUT2D eigenvalue weighted by molar-refractivity contribution is -0.127. The molecule has 0 N–H and O–H groups in total. The normalized spacial score (nSPS) is 18.5. The molecule has 3 heteroatoms. The average Bonchev–Trinajstić information content (AvgIpc) is 2.50. The van der Waals surface area contributed by atoms with Crippen LogP contribution < -0.4 is 0 Å². The Morgan fingerprint density at radius 2 is 1.64 bits per heavy atom. The van der Waals surface area contributed by atoms with Crippen molar-refractivity contribution in [3.63, 3.8) is 0 Å². The monoisotopic (exact) mass is 197 g/mol. The van der Waals surface area contributed by atoms with E-state index < -0.39 is 0 Å². The van der Waals surface area contributed by atoms with Gasteiger partial charge in [-0.15, -0.1) is 0 Å². The van der Waals surface area contributed by atoms with Crippen molar-refractivity contribution in [3.8, 4) is 0 Å². The molecule has 80 valence electrons. The predicted molar refractivity (Wildman–Crippen MR) is 55.1 cm³/mol. The van der Waals surface area contributed by atoms with Gasteiger partial charge in [-0.05, 0) is 26.1 Å². The Morgan fingerprint density at radius 1 is 1.14 bits per heavy atom. The van der Waals surface area contributed by atoms with Gasteiger partial charge in [-0.25, -0.2) is 0 Å². The van der Waals surface area contributed by atoms with Gasteiger partial charge in [-0.3, -0.25) is 9.59 Å². The van der Waals surface area contributed by atoms with E-state index in [-0.39, 0.29) is 17.5 Å². The first kappa shape index (κ1) is 11.4. The highest BCUT2D eigenvalue weighted by molar-refractivity contribution is 6.08. The third-order valence-electron chi connectivity index (χ3n) is 3.02. The standard InChI is InChI=1S/C11H19NO2/c1-3-12(4-2)8-7-9-10(13)5-6-11(9)14/h9H,3-8H2,1-2H3. The van der Waals surface area contributed by atoms with Gasteiger partial charge in [0.1, 0.15) is 11.6 Å². The van der Waals surface area contributed by atoms with Crippen LogP contribution in [0.1, 0.15) is 33.1 Å². The van der Waals surface area contributed by atoms with Crippen molar-refractivity contribution < 1.29 is 9.59 Å². The lowest BCUT2D eigenvalue weighted by Gasteiger charge is -2.19. The Bertz CT molecular complexity index is 205. The summed E-state index contributed by atoms with van der Waals surface area (Å²) in [5, 5.41) is 0. The molecular weight excluding hydrogens is 178 g/mol. The molecule has 0 atom stereocenters. The molecular formula is C11H19NO2. The molecule has 1 fully saturated rings. The first-order chi connectivity index (χ1) is 6.69. The number of nitrogens with zero attached hydrogens (tertiary/aromatic N) is 1. The van der Waals surface area contributed by atoms with Crippen LogP contribution in [0.4, 0.5) is 0 Å². The lowest BCUT2D eigenvalue weighted by Crippen LogP contribution is -2.28. The van der Waals surface area contributed by atoms with E-state index in [1.807, 2.05) is 0 Å². The Hall–Kier alpha value is -0.700. The van der Waals surface area contributed by atoms with Gasteiger partial charge in [-0.2, -0.15) is 0 Å². The molecule has 0 saturated heterocycles. The molecule has 1 aliphatic rings. The van der Waals surface area contributed by atoms with E-state index in [0.29, 0.717) is 12.8 Å². The molecule has 0 aromatic carbocycles. The minimum absolute atomic E-state index is 0.155. The minimum atomic E-state index is -0.282. The van der Waals surface area contributed by atoms with Crippen LogP contribution in [0.3, 0.4) is 0 Å². The van der Waals surface area contributed by atoms with E-state index >= 15 is 0 Å². The van der Waals surface area contributed by atoms with E-state index in [0.717, 1.165) is 26.1 Å². The summed E-state index contributed by atoms with van der Waals surface area (Å²) in [5.41, 5.74) is 0. The van der Waals surface area contributed by atoms with Crippen LogP contribution in [0.15, 0.2) is 0 Å². The minimum Gasteiger partial charge on any atom is -0.304 e. The summed E-state index contributed by atoms with van der Waals surface area (Å²) < 4.78 is 0. The van der Waals surface area contributed by atoms with Gasteiger partial charge in [0.15, 0.2) is 0 Å². The average molecular weight is 197 g/mol. The van der Waals surface area contributed by atoms with Crippen LogP contribution in [0.5, 0.6) is 0 Å². The molecule has 1 saturated carbocycles. The SMILES string of the molecule is CCN(CC)CCC1C(=O)CCC1=O. The van der Waals surface area contributed by atoms with Crippen LogP contribution >= 0.6 is 0 Å². The highest BCUT2D eigenvalue weighted by Gasteiger charge is 2.32. The zero-order chi connectivity index (χ0) is 10.6. The van der Waals surface area contributed by atoms with Gasteiger partial charge in [0.2, 0.25) is 0 Å². The molecule has 0 heterocycles. The van der Waals surface area contributed by atoms with Crippen LogP contribution in [0, 0.1) is 5.92 Å². The third-order valence-corrected chi connectivity index (χ3v) is 3.02. The molecule has 0 aliphatic heterocycles. The van der Waals surface area contributed by atoms with Gasteiger partial charge < -0.3 is 4.90 Å². The Kier molecular flexibility index (Phi) is 4.26. The summed E-state index contributed by atoms with van der Waals surface area (Å²) >= 11 is 0. The third kappa shape index (κ3) is 2.64. The Balaban J connectivity index is 2.36. The number of hydrogen-bond acceptors (Lipinski definition) is 3. The fourth-order valence-corrected chi connectivity index (χ4v) is 1.95. The highest BCUT2D eigenvalue weighted by atomic mass is 16.2. The summed E-state index contributed by atoms with van der Waals surface area (Å²) in [6.07, 6.45) is 1.67. The zero-order valence-corrected chi connectivity index (χ0v) is 9.08. The summed E-state index contributed by atoms with van der Waals surface area (Å²) in [7, 11) is 0. The number of carbonyl (C=O) groups is 2. The molecule has 0 aromatic heterocycles. The molecule has 14 heavy (non-hydrogen) atoms. The fourth-order valence-electron chi connectivity index (χ4n) is 1.95. The van der Waals surface area contributed by atoms with E-state index in [9.17, 15) is 9.59 Å². The topological polar surface area (TPSA) is 37.4 Å². The first-order valence-corrected chi connectivity index (χ1v) is 5.46.